The van der Waals surface area contributed by atoms with Crippen LogP contribution in [0.25, 0.3) is 0 Å². The van der Waals surface area contributed by atoms with Gasteiger partial charge in [-0.1, -0.05) is 391 Å². The number of aliphatic hydroxyl groups is 2. The van der Waals surface area contributed by atoms with Gasteiger partial charge in [-0.05, 0) is 57.8 Å². The molecule has 0 aromatic carbocycles. The lowest BCUT2D eigenvalue weighted by Gasteiger charge is -2.20. The zero-order valence-corrected chi connectivity index (χ0v) is 57.2. The molecule has 0 saturated heterocycles. The minimum absolute atomic E-state index is 0.0143. The van der Waals surface area contributed by atoms with E-state index in [1.54, 1.807) is 6.08 Å². The van der Waals surface area contributed by atoms with Gasteiger partial charge in [0.2, 0.25) is 5.91 Å². The summed E-state index contributed by atoms with van der Waals surface area (Å²) in [6, 6.07) is -0.624. The Kier molecular flexibility index (Phi) is 72.3. The molecular formula is C78H151NO5. The van der Waals surface area contributed by atoms with Crippen LogP contribution in [-0.4, -0.2) is 47.4 Å². The number of esters is 1. The van der Waals surface area contributed by atoms with Crippen LogP contribution in [0.3, 0.4) is 0 Å². The molecule has 0 spiro atoms. The summed E-state index contributed by atoms with van der Waals surface area (Å²) >= 11 is 0. The monoisotopic (exact) mass is 1180 g/mol. The highest BCUT2D eigenvalue weighted by Gasteiger charge is 2.18. The first-order valence-electron chi connectivity index (χ1n) is 38.6. The number of allylic oxidation sites excluding steroid dienone is 3. The van der Waals surface area contributed by atoms with E-state index in [1.807, 2.05) is 6.08 Å². The number of ether oxygens (including phenoxy) is 1. The van der Waals surface area contributed by atoms with Gasteiger partial charge in [0.15, 0.2) is 0 Å². The maximum absolute atomic E-state index is 12.5. The molecule has 0 heterocycles. The number of amides is 1. The average molecular weight is 1180 g/mol. The number of rotatable bonds is 73. The molecule has 498 valence electrons. The number of carbonyl (C=O) groups excluding carboxylic acids is 2. The number of unbranched alkanes of at least 4 members (excludes halogenated alkanes) is 60. The number of nitrogens with one attached hydrogen (secondary N) is 1. The molecule has 84 heavy (non-hydrogen) atoms. The lowest BCUT2D eigenvalue weighted by Crippen LogP contribution is -2.45. The molecule has 2 atom stereocenters. The van der Waals surface area contributed by atoms with Crippen molar-refractivity contribution in [2.75, 3.05) is 13.2 Å². The van der Waals surface area contributed by atoms with E-state index in [4.69, 9.17) is 4.74 Å². The molecule has 3 N–H and O–H groups in total. The molecule has 6 nitrogen and oxygen atoms in total. The van der Waals surface area contributed by atoms with Gasteiger partial charge in [0.25, 0.3) is 0 Å². The van der Waals surface area contributed by atoms with E-state index in [2.05, 4.69) is 31.3 Å². The van der Waals surface area contributed by atoms with Crippen LogP contribution in [0.5, 0.6) is 0 Å². The van der Waals surface area contributed by atoms with Gasteiger partial charge in [0.1, 0.15) is 0 Å². The Morgan fingerprint density at radius 1 is 0.321 bits per heavy atom. The van der Waals surface area contributed by atoms with Crippen molar-refractivity contribution in [1.29, 1.82) is 0 Å². The van der Waals surface area contributed by atoms with Crippen molar-refractivity contribution in [2.24, 2.45) is 0 Å². The molecule has 0 radical (unpaired) electrons. The van der Waals surface area contributed by atoms with E-state index in [9.17, 15) is 19.8 Å². The van der Waals surface area contributed by atoms with Crippen LogP contribution in [0.2, 0.25) is 0 Å². The standard InChI is InChI=1S/C78H151NO5/c1-3-5-7-9-11-13-15-17-19-20-36-39-43-46-50-54-58-62-66-70-76(81)75(74-80)79-77(82)71-67-63-59-55-51-47-44-40-37-34-32-30-28-26-24-22-21-23-25-27-29-31-33-35-38-41-45-49-53-57-61-65-69-73-84-78(83)72-68-64-60-56-52-48-42-18-16-14-12-10-8-6-4-2/h18,42,66,70,75-76,80-81H,3-17,19-41,43-65,67-69,71-74H2,1-2H3,(H,79,82)/b42-18-,70-66+. The second-order valence-electron chi connectivity index (χ2n) is 26.7. The van der Waals surface area contributed by atoms with Crippen molar-refractivity contribution in [1.82, 2.24) is 5.32 Å². The van der Waals surface area contributed by atoms with Crippen LogP contribution in [0.1, 0.15) is 438 Å². The van der Waals surface area contributed by atoms with Crippen molar-refractivity contribution in [2.45, 2.75) is 450 Å². The Bertz CT molecular complexity index is 1320. The van der Waals surface area contributed by atoms with Gasteiger partial charge in [-0.2, -0.15) is 0 Å². The van der Waals surface area contributed by atoms with Crippen LogP contribution in [-0.2, 0) is 14.3 Å². The predicted octanol–water partition coefficient (Wildman–Crippen LogP) is 25.3. The molecule has 0 rings (SSSR count). The Morgan fingerprint density at radius 3 is 0.845 bits per heavy atom. The first kappa shape index (κ1) is 82.3. The summed E-state index contributed by atoms with van der Waals surface area (Å²) in [7, 11) is 0. The van der Waals surface area contributed by atoms with Gasteiger partial charge in [-0.3, -0.25) is 9.59 Å². The van der Waals surface area contributed by atoms with Crippen molar-refractivity contribution in [3.05, 3.63) is 24.3 Å². The van der Waals surface area contributed by atoms with E-state index in [-0.39, 0.29) is 18.5 Å². The van der Waals surface area contributed by atoms with Crippen LogP contribution < -0.4 is 5.32 Å². The van der Waals surface area contributed by atoms with Crippen molar-refractivity contribution < 1.29 is 24.5 Å². The minimum Gasteiger partial charge on any atom is -0.466 e. The Hall–Kier alpha value is -1.66. The molecule has 6 heteroatoms. The van der Waals surface area contributed by atoms with E-state index < -0.39 is 12.1 Å². The SMILES string of the molecule is CCCCCCCC/C=C\CCCCCCCC(=O)OCCCCCCCCCCCCCCCCCCCCCCCCCCCCCCCCCCCC(=O)NC(CO)C(O)/C=C/CCCCCCCCCCCCCCCCCCC. The van der Waals surface area contributed by atoms with Crippen LogP contribution in [0, 0.1) is 0 Å². The summed E-state index contributed by atoms with van der Waals surface area (Å²) in [4.78, 5) is 24.6. The lowest BCUT2D eigenvalue weighted by atomic mass is 10.0. The molecule has 1 amide bonds. The molecule has 0 aromatic heterocycles. The minimum atomic E-state index is -0.841. The second kappa shape index (κ2) is 73.8. The Morgan fingerprint density at radius 2 is 0.560 bits per heavy atom. The van der Waals surface area contributed by atoms with Crippen LogP contribution in [0.15, 0.2) is 24.3 Å². The molecule has 0 aromatic rings. The third-order valence-corrected chi connectivity index (χ3v) is 18.2. The van der Waals surface area contributed by atoms with Crippen LogP contribution in [0.4, 0.5) is 0 Å². The largest absolute Gasteiger partial charge is 0.466 e. The van der Waals surface area contributed by atoms with Gasteiger partial charge in [0, 0.05) is 12.8 Å². The molecule has 0 aliphatic rings. The van der Waals surface area contributed by atoms with Gasteiger partial charge < -0.3 is 20.3 Å². The highest BCUT2D eigenvalue weighted by Crippen LogP contribution is 2.20. The molecule has 0 fully saturated rings. The molecule has 0 aliphatic carbocycles. The Balaban J connectivity index is 3.34. The summed E-state index contributed by atoms with van der Waals surface area (Å²) < 4.78 is 5.50. The number of hydrogen-bond acceptors (Lipinski definition) is 5. The van der Waals surface area contributed by atoms with Gasteiger partial charge in [-0.15, -0.1) is 0 Å². The fraction of sp³-hybridized carbons (Fsp3) is 0.923. The van der Waals surface area contributed by atoms with Gasteiger partial charge >= 0.3 is 5.97 Å². The molecule has 0 aliphatic heterocycles. The molecule has 2 unspecified atom stereocenters. The third-order valence-electron chi connectivity index (χ3n) is 18.2. The van der Waals surface area contributed by atoms with Gasteiger partial charge in [-0.25, -0.2) is 0 Å². The fourth-order valence-electron chi connectivity index (χ4n) is 12.3. The maximum atomic E-state index is 12.5. The molecule has 0 bridgehead atoms. The van der Waals surface area contributed by atoms with E-state index in [0.717, 1.165) is 44.9 Å². The summed E-state index contributed by atoms with van der Waals surface area (Å²) in [5, 5.41) is 23.3. The highest BCUT2D eigenvalue weighted by molar-refractivity contribution is 5.76. The Labute approximate surface area is 526 Å². The van der Waals surface area contributed by atoms with E-state index in [1.165, 1.54) is 366 Å². The highest BCUT2D eigenvalue weighted by atomic mass is 16.5. The average Bonchev–Trinajstić information content (AvgIpc) is 3.51. The number of carbonyl (C=O) groups is 2. The van der Waals surface area contributed by atoms with Gasteiger partial charge in [0.05, 0.1) is 25.4 Å². The first-order valence-corrected chi connectivity index (χ1v) is 38.6. The summed E-state index contributed by atoms with van der Waals surface area (Å²) in [5.74, 6) is -0.0446. The van der Waals surface area contributed by atoms with Crippen molar-refractivity contribution in [3.63, 3.8) is 0 Å². The summed E-state index contributed by atoms with van der Waals surface area (Å²) in [5.41, 5.74) is 0. The zero-order chi connectivity index (χ0) is 60.6. The maximum Gasteiger partial charge on any atom is 0.305 e. The summed E-state index contributed by atoms with van der Waals surface area (Å²) in [6.45, 7) is 4.94. The smallest absolute Gasteiger partial charge is 0.305 e. The molecule has 0 saturated carbocycles. The number of hydrogen-bond donors (Lipinski definition) is 3. The van der Waals surface area contributed by atoms with E-state index >= 15 is 0 Å². The first-order chi connectivity index (χ1) is 41.5. The van der Waals surface area contributed by atoms with Crippen molar-refractivity contribution >= 4 is 11.9 Å². The van der Waals surface area contributed by atoms with Crippen LogP contribution >= 0.6 is 0 Å². The van der Waals surface area contributed by atoms with E-state index in [0.29, 0.717) is 19.4 Å². The molecular weight excluding hydrogens is 1030 g/mol. The predicted molar refractivity (Wildman–Crippen MR) is 370 cm³/mol. The van der Waals surface area contributed by atoms with Crippen molar-refractivity contribution in [3.8, 4) is 0 Å². The number of aliphatic hydroxyl groups excluding tert-OH is 2. The second-order valence-corrected chi connectivity index (χ2v) is 26.7. The quantitative estimate of drug-likeness (QED) is 0.0320. The topological polar surface area (TPSA) is 95.9 Å². The normalized spacial score (nSPS) is 12.6. The third kappa shape index (κ3) is 69.4. The fourth-order valence-corrected chi connectivity index (χ4v) is 12.3. The summed E-state index contributed by atoms with van der Waals surface area (Å²) in [6.07, 6.45) is 94.4. The zero-order valence-electron chi connectivity index (χ0n) is 57.2. The lowest BCUT2D eigenvalue weighted by molar-refractivity contribution is -0.143.